The maximum atomic E-state index is 11.7. The van der Waals surface area contributed by atoms with Gasteiger partial charge >= 0.3 is 5.97 Å². The molecule has 0 amide bonds. The SMILES string of the molecule is COC(=O)C1(N)CCC(N2CCC(C)(C)CC2)C1. The summed E-state index contributed by atoms with van der Waals surface area (Å²) in [6.45, 7) is 6.94. The molecule has 4 heteroatoms. The lowest BCUT2D eigenvalue weighted by Gasteiger charge is -2.40. The average Bonchev–Trinajstić information content (AvgIpc) is 2.72. The van der Waals surface area contributed by atoms with E-state index >= 15 is 0 Å². The zero-order chi connectivity index (χ0) is 13.4. The van der Waals surface area contributed by atoms with Crippen LogP contribution in [-0.4, -0.2) is 42.6 Å². The van der Waals surface area contributed by atoms with Gasteiger partial charge in [-0.25, -0.2) is 0 Å². The third-order valence-electron chi connectivity index (χ3n) is 4.78. The summed E-state index contributed by atoms with van der Waals surface area (Å²) >= 11 is 0. The molecule has 4 nitrogen and oxygen atoms in total. The van der Waals surface area contributed by atoms with Gasteiger partial charge in [0.05, 0.1) is 7.11 Å². The van der Waals surface area contributed by atoms with E-state index < -0.39 is 5.54 Å². The number of carbonyl (C=O) groups is 1. The highest BCUT2D eigenvalue weighted by molar-refractivity contribution is 5.81. The molecule has 0 aromatic rings. The fraction of sp³-hybridized carbons (Fsp3) is 0.929. The fourth-order valence-corrected chi connectivity index (χ4v) is 3.24. The van der Waals surface area contributed by atoms with Gasteiger partial charge in [0.2, 0.25) is 0 Å². The molecule has 2 atom stereocenters. The van der Waals surface area contributed by atoms with Gasteiger partial charge in [0, 0.05) is 6.04 Å². The van der Waals surface area contributed by atoms with Crippen LogP contribution in [0.3, 0.4) is 0 Å². The molecule has 1 saturated heterocycles. The third kappa shape index (κ3) is 2.69. The Labute approximate surface area is 110 Å². The lowest BCUT2D eigenvalue weighted by Crippen LogP contribution is -2.49. The molecule has 0 spiro atoms. The molecule has 2 rings (SSSR count). The molecule has 104 valence electrons. The van der Waals surface area contributed by atoms with Gasteiger partial charge < -0.3 is 15.4 Å². The first-order valence-corrected chi connectivity index (χ1v) is 6.98. The minimum Gasteiger partial charge on any atom is -0.468 e. The van der Waals surface area contributed by atoms with Crippen molar-refractivity contribution >= 4 is 5.97 Å². The summed E-state index contributed by atoms with van der Waals surface area (Å²) in [5.41, 5.74) is 5.89. The zero-order valence-corrected chi connectivity index (χ0v) is 11.9. The molecule has 2 aliphatic rings. The van der Waals surface area contributed by atoms with E-state index in [9.17, 15) is 4.79 Å². The molecular formula is C14H26N2O2. The third-order valence-corrected chi connectivity index (χ3v) is 4.78. The molecule has 1 aliphatic carbocycles. The minimum absolute atomic E-state index is 0.248. The quantitative estimate of drug-likeness (QED) is 0.759. The Hall–Kier alpha value is -0.610. The number of esters is 1. The summed E-state index contributed by atoms with van der Waals surface area (Å²) in [5.74, 6) is -0.248. The monoisotopic (exact) mass is 254 g/mol. The van der Waals surface area contributed by atoms with Crippen molar-refractivity contribution in [1.29, 1.82) is 0 Å². The van der Waals surface area contributed by atoms with Crippen molar-refractivity contribution in [3.63, 3.8) is 0 Å². The van der Waals surface area contributed by atoms with Crippen LogP contribution in [-0.2, 0) is 9.53 Å². The normalized spacial score (nSPS) is 36.6. The minimum atomic E-state index is -0.744. The summed E-state index contributed by atoms with van der Waals surface area (Å²) in [6, 6.07) is 0.463. The number of nitrogens with zero attached hydrogens (tertiary/aromatic N) is 1. The van der Waals surface area contributed by atoms with Gasteiger partial charge in [0.1, 0.15) is 5.54 Å². The molecule has 0 bridgehead atoms. The maximum Gasteiger partial charge on any atom is 0.325 e. The van der Waals surface area contributed by atoms with Gasteiger partial charge in [0.25, 0.3) is 0 Å². The Balaban J connectivity index is 1.92. The van der Waals surface area contributed by atoms with E-state index in [1.54, 1.807) is 0 Å². The van der Waals surface area contributed by atoms with Crippen molar-refractivity contribution in [2.75, 3.05) is 20.2 Å². The van der Waals surface area contributed by atoms with E-state index in [1.807, 2.05) is 0 Å². The van der Waals surface area contributed by atoms with E-state index in [1.165, 1.54) is 20.0 Å². The number of methoxy groups -OCH3 is 1. The average molecular weight is 254 g/mol. The van der Waals surface area contributed by atoms with Crippen LogP contribution in [0, 0.1) is 5.41 Å². The van der Waals surface area contributed by atoms with Gasteiger partial charge in [-0.3, -0.25) is 4.79 Å². The topological polar surface area (TPSA) is 55.6 Å². The first-order valence-electron chi connectivity index (χ1n) is 6.98. The van der Waals surface area contributed by atoms with Crippen LogP contribution in [0.1, 0.15) is 46.0 Å². The van der Waals surface area contributed by atoms with Crippen molar-refractivity contribution in [3.8, 4) is 0 Å². The van der Waals surface area contributed by atoms with Crippen molar-refractivity contribution in [3.05, 3.63) is 0 Å². The van der Waals surface area contributed by atoms with Crippen LogP contribution in [0.2, 0.25) is 0 Å². The Kier molecular flexibility index (Phi) is 3.70. The maximum absolute atomic E-state index is 11.7. The lowest BCUT2D eigenvalue weighted by molar-refractivity contribution is -0.147. The number of nitrogens with two attached hydrogens (primary N) is 1. The second kappa shape index (κ2) is 4.82. The van der Waals surface area contributed by atoms with Gasteiger partial charge in [-0.05, 0) is 50.6 Å². The Morgan fingerprint density at radius 1 is 1.28 bits per heavy atom. The molecule has 18 heavy (non-hydrogen) atoms. The first-order chi connectivity index (χ1) is 8.36. The fourth-order valence-electron chi connectivity index (χ4n) is 3.24. The van der Waals surface area contributed by atoms with Crippen LogP contribution >= 0.6 is 0 Å². The summed E-state index contributed by atoms with van der Waals surface area (Å²) in [6.07, 6.45) is 4.99. The van der Waals surface area contributed by atoms with Gasteiger partial charge in [-0.15, -0.1) is 0 Å². The lowest BCUT2D eigenvalue weighted by atomic mass is 9.82. The molecule has 2 fully saturated rings. The number of likely N-dealkylation sites (tertiary alicyclic amines) is 1. The van der Waals surface area contributed by atoms with E-state index in [0.717, 1.165) is 32.4 Å². The molecule has 1 saturated carbocycles. The Morgan fingerprint density at radius 2 is 1.89 bits per heavy atom. The van der Waals surface area contributed by atoms with E-state index in [0.29, 0.717) is 11.5 Å². The summed E-state index contributed by atoms with van der Waals surface area (Å²) in [4.78, 5) is 14.2. The summed E-state index contributed by atoms with van der Waals surface area (Å²) in [7, 11) is 1.42. The standard InChI is InChI=1S/C14H26N2O2/c1-13(2)6-8-16(9-7-13)11-4-5-14(15,10-11)12(17)18-3/h11H,4-10,15H2,1-3H3. The number of carbonyl (C=O) groups excluding carboxylic acids is 1. The summed E-state index contributed by atoms with van der Waals surface area (Å²) in [5, 5.41) is 0. The van der Waals surface area contributed by atoms with Crippen LogP contribution in [0.5, 0.6) is 0 Å². The smallest absolute Gasteiger partial charge is 0.325 e. The van der Waals surface area contributed by atoms with E-state index in [-0.39, 0.29) is 5.97 Å². The van der Waals surface area contributed by atoms with Crippen LogP contribution in [0.15, 0.2) is 0 Å². The molecule has 0 aromatic carbocycles. The number of piperidine rings is 1. The highest BCUT2D eigenvalue weighted by Gasteiger charge is 2.45. The number of hydrogen-bond acceptors (Lipinski definition) is 4. The predicted molar refractivity (Wildman–Crippen MR) is 71.2 cm³/mol. The van der Waals surface area contributed by atoms with Gasteiger partial charge in [-0.1, -0.05) is 13.8 Å². The van der Waals surface area contributed by atoms with E-state index in [2.05, 4.69) is 18.7 Å². The first kappa shape index (κ1) is 13.8. The highest BCUT2D eigenvalue weighted by atomic mass is 16.5. The predicted octanol–water partition coefficient (Wildman–Crippen LogP) is 1.53. The van der Waals surface area contributed by atoms with Crippen LogP contribution < -0.4 is 5.73 Å². The van der Waals surface area contributed by atoms with E-state index in [4.69, 9.17) is 10.5 Å². The van der Waals surface area contributed by atoms with Crippen molar-refractivity contribution < 1.29 is 9.53 Å². The molecule has 1 aliphatic heterocycles. The largest absolute Gasteiger partial charge is 0.468 e. The zero-order valence-electron chi connectivity index (χ0n) is 11.9. The number of hydrogen-bond donors (Lipinski definition) is 1. The van der Waals surface area contributed by atoms with Crippen LogP contribution in [0.4, 0.5) is 0 Å². The van der Waals surface area contributed by atoms with Crippen LogP contribution in [0.25, 0.3) is 0 Å². The second-order valence-electron chi connectivity index (χ2n) is 6.74. The molecule has 0 aromatic heterocycles. The van der Waals surface area contributed by atoms with Crippen molar-refractivity contribution in [1.82, 2.24) is 4.90 Å². The van der Waals surface area contributed by atoms with Crippen molar-refractivity contribution in [2.24, 2.45) is 11.1 Å². The number of rotatable bonds is 2. The van der Waals surface area contributed by atoms with Gasteiger partial charge in [0.15, 0.2) is 0 Å². The molecule has 0 radical (unpaired) electrons. The van der Waals surface area contributed by atoms with Crippen molar-refractivity contribution in [2.45, 2.75) is 57.5 Å². The molecule has 2 unspecified atom stereocenters. The molecule has 1 heterocycles. The summed E-state index contributed by atoms with van der Waals surface area (Å²) < 4.78 is 4.82. The Morgan fingerprint density at radius 3 is 2.44 bits per heavy atom. The highest BCUT2D eigenvalue weighted by Crippen LogP contribution is 2.36. The molecule has 2 N–H and O–H groups in total. The Bertz CT molecular complexity index is 320. The number of ether oxygens (including phenoxy) is 1. The second-order valence-corrected chi connectivity index (χ2v) is 6.74. The van der Waals surface area contributed by atoms with Gasteiger partial charge in [-0.2, -0.15) is 0 Å². The molecular weight excluding hydrogens is 228 g/mol.